The molecule has 0 atom stereocenters. The second kappa shape index (κ2) is 4.98. The summed E-state index contributed by atoms with van der Waals surface area (Å²) in [7, 11) is 0. The fourth-order valence-corrected chi connectivity index (χ4v) is 1.74. The molecule has 1 rings (SSSR count). The van der Waals surface area contributed by atoms with Gasteiger partial charge in [0.25, 0.3) is 5.56 Å². The molecule has 0 unspecified atom stereocenters. The summed E-state index contributed by atoms with van der Waals surface area (Å²) < 4.78 is 2.27. The molecular formula is C9H12ClN3O3. The highest BCUT2D eigenvalue weighted by atomic mass is 35.5. The molecule has 0 aliphatic heterocycles. The first-order valence-corrected chi connectivity index (χ1v) is 5.16. The monoisotopic (exact) mass is 245 g/mol. The third-order valence-corrected chi connectivity index (χ3v) is 2.62. The van der Waals surface area contributed by atoms with Gasteiger partial charge in [-0.05, 0) is 13.8 Å². The Labute approximate surface area is 96.4 Å². The van der Waals surface area contributed by atoms with Gasteiger partial charge in [-0.3, -0.25) is 13.9 Å². The maximum absolute atomic E-state index is 11.8. The van der Waals surface area contributed by atoms with Crippen LogP contribution in [0.2, 0.25) is 5.15 Å². The fraction of sp³-hybridized carbons (Fsp3) is 0.444. The van der Waals surface area contributed by atoms with Gasteiger partial charge < -0.3 is 5.21 Å². The highest BCUT2D eigenvalue weighted by Crippen LogP contribution is 2.07. The van der Waals surface area contributed by atoms with Gasteiger partial charge in [-0.1, -0.05) is 16.8 Å². The quantitative estimate of drug-likeness (QED) is 0.365. The third-order valence-electron chi connectivity index (χ3n) is 2.22. The SMILES string of the molecule is CCn1c(Cl)c(/C=N/O)c(=O)n(CC)c1=O. The Morgan fingerprint density at radius 1 is 1.31 bits per heavy atom. The van der Waals surface area contributed by atoms with E-state index < -0.39 is 11.2 Å². The number of oxime groups is 1. The molecule has 1 aromatic heterocycles. The average molecular weight is 246 g/mol. The summed E-state index contributed by atoms with van der Waals surface area (Å²) in [5.41, 5.74) is -1.01. The molecule has 1 N–H and O–H groups in total. The van der Waals surface area contributed by atoms with Crippen LogP contribution in [0.15, 0.2) is 14.7 Å². The summed E-state index contributed by atoms with van der Waals surface area (Å²) >= 11 is 5.87. The van der Waals surface area contributed by atoms with Crippen LogP contribution in [0, 0.1) is 0 Å². The lowest BCUT2D eigenvalue weighted by Crippen LogP contribution is -2.41. The molecule has 0 aliphatic rings. The van der Waals surface area contributed by atoms with Crippen molar-refractivity contribution in [1.82, 2.24) is 9.13 Å². The summed E-state index contributed by atoms with van der Waals surface area (Å²) in [6, 6.07) is 0. The minimum absolute atomic E-state index is 0.00691. The van der Waals surface area contributed by atoms with Crippen LogP contribution in [-0.2, 0) is 13.1 Å². The summed E-state index contributed by atoms with van der Waals surface area (Å²) in [5.74, 6) is 0. The molecule has 0 radical (unpaired) electrons. The lowest BCUT2D eigenvalue weighted by Gasteiger charge is -2.10. The Hall–Kier alpha value is -1.56. The van der Waals surface area contributed by atoms with Gasteiger partial charge in [-0.2, -0.15) is 0 Å². The van der Waals surface area contributed by atoms with Gasteiger partial charge in [0.1, 0.15) is 5.15 Å². The summed E-state index contributed by atoms with van der Waals surface area (Å²) in [5, 5.41) is 11.2. The molecule has 1 heterocycles. The van der Waals surface area contributed by atoms with Crippen LogP contribution in [0.4, 0.5) is 0 Å². The molecule has 0 fully saturated rings. The van der Waals surface area contributed by atoms with Crippen molar-refractivity contribution in [3.8, 4) is 0 Å². The van der Waals surface area contributed by atoms with E-state index in [1.807, 2.05) is 0 Å². The topological polar surface area (TPSA) is 76.6 Å². The van der Waals surface area contributed by atoms with Gasteiger partial charge in [0.15, 0.2) is 0 Å². The second-order valence-corrected chi connectivity index (χ2v) is 3.38. The Morgan fingerprint density at radius 3 is 2.31 bits per heavy atom. The predicted octanol–water partition coefficient (Wildman–Crippen LogP) is 0.511. The largest absolute Gasteiger partial charge is 0.411 e. The van der Waals surface area contributed by atoms with Crippen LogP contribution in [0.25, 0.3) is 0 Å². The van der Waals surface area contributed by atoms with Gasteiger partial charge in [-0.15, -0.1) is 0 Å². The Kier molecular flexibility index (Phi) is 3.89. The summed E-state index contributed by atoms with van der Waals surface area (Å²) in [6.45, 7) is 3.99. The Balaban J connectivity index is 3.77. The van der Waals surface area contributed by atoms with Gasteiger partial charge >= 0.3 is 5.69 Å². The first-order valence-electron chi connectivity index (χ1n) is 4.79. The van der Waals surface area contributed by atoms with E-state index in [0.717, 1.165) is 10.8 Å². The van der Waals surface area contributed by atoms with E-state index in [1.54, 1.807) is 13.8 Å². The average Bonchev–Trinajstić information content (AvgIpc) is 2.26. The molecular weight excluding hydrogens is 234 g/mol. The van der Waals surface area contributed by atoms with E-state index in [-0.39, 0.29) is 17.3 Å². The maximum atomic E-state index is 11.8. The lowest BCUT2D eigenvalue weighted by atomic mass is 10.3. The first-order chi connectivity index (χ1) is 7.58. The van der Waals surface area contributed by atoms with Crippen molar-refractivity contribution in [2.24, 2.45) is 5.16 Å². The van der Waals surface area contributed by atoms with Crippen LogP contribution in [0.5, 0.6) is 0 Å². The van der Waals surface area contributed by atoms with E-state index in [1.165, 1.54) is 4.57 Å². The molecule has 0 aliphatic carbocycles. The summed E-state index contributed by atoms with van der Waals surface area (Å²) in [4.78, 5) is 23.5. The zero-order chi connectivity index (χ0) is 12.3. The van der Waals surface area contributed by atoms with E-state index in [9.17, 15) is 9.59 Å². The normalized spacial score (nSPS) is 11.2. The molecule has 7 heteroatoms. The Morgan fingerprint density at radius 2 is 1.88 bits per heavy atom. The van der Waals surface area contributed by atoms with Crippen LogP contribution >= 0.6 is 11.6 Å². The number of hydrogen-bond acceptors (Lipinski definition) is 4. The summed E-state index contributed by atoms with van der Waals surface area (Å²) in [6.07, 6.45) is 0.933. The number of nitrogens with zero attached hydrogens (tertiary/aromatic N) is 3. The van der Waals surface area contributed by atoms with Crippen molar-refractivity contribution in [2.45, 2.75) is 26.9 Å². The standard InChI is InChI=1S/C9H12ClN3O3/c1-3-12-7(10)6(5-11-16)8(14)13(4-2)9(12)15/h5,16H,3-4H2,1-2H3/b11-5+. The van der Waals surface area contributed by atoms with Crippen molar-refractivity contribution < 1.29 is 5.21 Å². The molecule has 1 aromatic rings. The van der Waals surface area contributed by atoms with Crippen LogP contribution in [0.1, 0.15) is 19.4 Å². The van der Waals surface area contributed by atoms with Gasteiger partial charge in [-0.25, -0.2) is 4.79 Å². The van der Waals surface area contributed by atoms with Crippen molar-refractivity contribution in [2.75, 3.05) is 0 Å². The van der Waals surface area contributed by atoms with Crippen LogP contribution in [0.3, 0.4) is 0 Å². The molecule has 88 valence electrons. The molecule has 6 nitrogen and oxygen atoms in total. The molecule has 0 aromatic carbocycles. The predicted molar refractivity (Wildman–Crippen MR) is 60.7 cm³/mol. The van der Waals surface area contributed by atoms with E-state index >= 15 is 0 Å². The Bertz CT molecular complexity index is 530. The lowest BCUT2D eigenvalue weighted by molar-refractivity contribution is 0.321. The minimum atomic E-state index is -0.556. The number of aromatic nitrogens is 2. The van der Waals surface area contributed by atoms with Crippen molar-refractivity contribution in [3.05, 3.63) is 31.6 Å². The van der Waals surface area contributed by atoms with Crippen LogP contribution < -0.4 is 11.2 Å². The second-order valence-electron chi connectivity index (χ2n) is 3.03. The van der Waals surface area contributed by atoms with Crippen molar-refractivity contribution >= 4 is 17.8 Å². The molecule has 0 spiro atoms. The molecule has 0 amide bonds. The molecule has 0 bridgehead atoms. The molecule has 0 saturated carbocycles. The van der Waals surface area contributed by atoms with Gasteiger partial charge in [0.05, 0.1) is 11.8 Å². The van der Waals surface area contributed by atoms with Crippen molar-refractivity contribution in [3.63, 3.8) is 0 Å². The first kappa shape index (κ1) is 12.5. The smallest absolute Gasteiger partial charge is 0.332 e. The van der Waals surface area contributed by atoms with Gasteiger partial charge in [0.2, 0.25) is 0 Å². The van der Waals surface area contributed by atoms with E-state index in [4.69, 9.17) is 16.8 Å². The highest BCUT2D eigenvalue weighted by molar-refractivity contribution is 6.32. The van der Waals surface area contributed by atoms with E-state index in [0.29, 0.717) is 6.54 Å². The molecule has 0 saturated heterocycles. The minimum Gasteiger partial charge on any atom is -0.411 e. The van der Waals surface area contributed by atoms with Gasteiger partial charge in [0, 0.05) is 13.1 Å². The zero-order valence-electron chi connectivity index (χ0n) is 8.97. The maximum Gasteiger partial charge on any atom is 0.332 e. The number of rotatable bonds is 3. The fourth-order valence-electron chi connectivity index (χ4n) is 1.41. The van der Waals surface area contributed by atoms with Crippen LogP contribution in [-0.4, -0.2) is 20.6 Å². The molecule has 16 heavy (non-hydrogen) atoms. The number of halogens is 1. The number of hydrogen-bond donors (Lipinski definition) is 1. The van der Waals surface area contributed by atoms with E-state index in [2.05, 4.69) is 5.16 Å². The zero-order valence-corrected chi connectivity index (χ0v) is 9.73. The third kappa shape index (κ3) is 1.88. The van der Waals surface area contributed by atoms with Crippen molar-refractivity contribution in [1.29, 1.82) is 0 Å². The highest BCUT2D eigenvalue weighted by Gasteiger charge is 2.14.